The zero-order valence-electron chi connectivity index (χ0n) is 19.3. The maximum atomic E-state index is 11.9. The largest absolute Gasteiger partial charge is 0.463 e. The van der Waals surface area contributed by atoms with Crippen LogP contribution in [0.25, 0.3) is 0 Å². The summed E-state index contributed by atoms with van der Waals surface area (Å²) in [5.41, 5.74) is 5.32. The number of carbonyl (C=O) groups excluding carboxylic acids is 1. The first-order valence-electron chi connectivity index (χ1n) is 11.1. The Bertz CT molecular complexity index is 722. The molecule has 0 N–H and O–H groups in total. The van der Waals surface area contributed by atoms with Crippen molar-refractivity contribution in [1.82, 2.24) is 0 Å². The molecule has 0 unspecified atom stereocenters. The van der Waals surface area contributed by atoms with Gasteiger partial charge in [0, 0.05) is 6.08 Å². The SMILES string of the molecule is CC1=C(/C=C/C(C)=C/C=C/C(C)=C/C(=O)OCCC[C]2[CH][CH][CH][CH]2)C(C)(C)CCC1. The zero-order chi connectivity index (χ0) is 22.0. The molecule has 2 heteroatoms. The number of allylic oxidation sites excluding steroid dienone is 9. The lowest BCUT2D eigenvalue weighted by Crippen LogP contribution is -2.19. The first-order chi connectivity index (χ1) is 14.3. The third kappa shape index (κ3) is 8.50. The van der Waals surface area contributed by atoms with Crippen LogP contribution in [-0.4, -0.2) is 12.6 Å². The van der Waals surface area contributed by atoms with Gasteiger partial charge in [0.05, 0.1) is 6.61 Å². The third-order valence-electron chi connectivity index (χ3n) is 5.70. The van der Waals surface area contributed by atoms with Gasteiger partial charge in [-0.05, 0) is 101 Å². The van der Waals surface area contributed by atoms with Crippen LogP contribution in [0.15, 0.2) is 58.7 Å². The molecule has 2 rings (SSSR count). The first-order valence-corrected chi connectivity index (χ1v) is 11.1. The lowest BCUT2D eigenvalue weighted by molar-refractivity contribution is -0.137. The van der Waals surface area contributed by atoms with E-state index in [9.17, 15) is 4.79 Å². The second kappa shape index (κ2) is 12.1. The van der Waals surface area contributed by atoms with Gasteiger partial charge in [0.15, 0.2) is 0 Å². The Kier molecular flexibility index (Phi) is 9.88. The Morgan fingerprint density at radius 2 is 1.87 bits per heavy atom. The van der Waals surface area contributed by atoms with Gasteiger partial charge in [0.2, 0.25) is 0 Å². The average Bonchev–Trinajstić information content (AvgIpc) is 3.18. The van der Waals surface area contributed by atoms with Crippen LogP contribution >= 0.6 is 0 Å². The molecule has 0 aromatic carbocycles. The van der Waals surface area contributed by atoms with Gasteiger partial charge in [-0.25, -0.2) is 4.79 Å². The highest BCUT2D eigenvalue weighted by molar-refractivity contribution is 5.83. The van der Waals surface area contributed by atoms with Crippen LogP contribution in [0.2, 0.25) is 0 Å². The molecule has 0 amide bonds. The fourth-order valence-electron chi connectivity index (χ4n) is 3.94. The normalized spacial score (nSPS) is 21.2. The van der Waals surface area contributed by atoms with Gasteiger partial charge in [-0.1, -0.05) is 55.4 Å². The van der Waals surface area contributed by atoms with Gasteiger partial charge >= 0.3 is 5.97 Å². The summed E-state index contributed by atoms with van der Waals surface area (Å²) in [6.45, 7) is 11.4. The first kappa shape index (κ1) is 24.4. The topological polar surface area (TPSA) is 26.3 Å². The predicted molar refractivity (Wildman–Crippen MR) is 127 cm³/mol. The van der Waals surface area contributed by atoms with Crippen molar-refractivity contribution in [3.05, 3.63) is 90.3 Å². The number of carbonyl (C=O) groups is 1. The van der Waals surface area contributed by atoms with Crippen LogP contribution in [-0.2, 0) is 9.53 Å². The van der Waals surface area contributed by atoms with E-state index in [0.29, 0.717) is 6.61 Å². The van der Waals surface area contributed by atoms with Crippen molar-refractivity contribution in [2.45, 2.75) is 66.7 Å². The Balaban J connectivity index is 1.77. The summed E-state index contributed by atoms with van der Waals surface area (Å²) in [7, 11) is 0. The minimum Gasteiger partial charge on any atom is -0.463 e. The molecule has 5 radical (unpaired) electrons. The molecule has 1 saturated carbocycles. The number of rotatable bonds is 9. The quantitative estimate of drug-likeness (QED) is 0.175. The molecule has 0 heterocycles. The molecule has 2 nitrogen and oxygen atoms in total. The standard InChI is InChI=1S/C28H37O2/c1-22(17-18-26-24(3)13-9-19-28(26,4)5)11-8-12-23(2)21-27(29)30-20-10-16-25-14-6-7-15-25/h6-8,11-12,14-15,17-18,21H,9-10,13,16,19-20H2,1-5H3/b12-8+,18-17+,22-11+,23-21+. The Hall–Kier alpha value is -1.83. The smallest absolute Gasteiger partial charge is 0.331 e. The van der Waals surface area contributed by atoms with Gasteiger partial charge in [-0.2, -0.15) is 0 Å². The maximum Gasteiger partial charge on any atom is 0.331 e. The summed E-state index contributed by atoms with van der Waals surface area (Å²) in [5.74, 6) is 1.01. The minimum absolute atomic E-state index is 0.262. The van der Waals surface area contributed by atoms with E-state index >= 15 is 0 Å². The van der Waals surface area contributed by atoms with E-state index in [1.807, 2.05) is 31.9 Å². The van der Waals surface area contributed by atoms with E-state index in [1.54, 1.807) is 6.08 Å². The van der Waals surface area contributed by atoms with Crippen molar-refractivity contribution >= 4 is 5.97 Å². The highest BCUT2D eigenvalue weighted by Gasteiger charge is 2.26. The zero-order valence-corrected chi connectivity index (χ0v) is 19.3. The summed E-state index contributed by atoms with van der Waals surface area (Å²) < 4.78 is 5.29. The molecule has 0 aliphatic heterocycles. The van der Waals surface area contributed by atoms with Gasteiger partial charge < -0.3 is 4.74 Å². The lowest BCUT2D eigenvalue weighted by Gasteiger charge is -2.32. The van der Waals surface area contributed by atoms with Crippen LogP contribution in [0.1, 0.15) is 66.7 Å². The summed E-state index contributed by atoms with van der Waals surface area (Å²) in [4.78, 5) is 11.9. The molecule has 0 spiro atoms. The van der Waals surface area contributed by atoms with Crippen molar-refractivity contribution in [2.75, 3.05) is 6.61 Å². The van der Waals surface area contributed by atoms with Crippen LogP contribution in [0.4, 0.5) is 0 Å². The van der Waals surface area contributed by atoms with Crippen molar-refractivity contribution in [3.63, 3.8) is 0 Å². The molecule has 0 saturated heterocycles. The number of ether oxygens (including phenoxy) is 1. The van der Waals surface area contributed by atoms with Crippen LogP contribution in [0.3, 0.4) is 0 Å². The lowest BCUT2D eigenvalue weighted by atomic mass is 9.72. The Labute approximate surface area is 184 Å². The molecule has 2 aliphatic rings. The Morgan fingerprint density at radius 3 is 2.57 bits per heavy atom. The van der Waals surface area contributed by atoms with E-state index in [2.05, 4.69) is 58.8 Å². The number of esters is 1. The predicted octanol–water partition coefficient (Wildman–Crippen LogP) is 7.25. The van der Waals surface area contributed by atoms with Crippen LogP contribution in [0.5, 0.6) is 0 Å². The highest BCUT2D eigenvalue weighted by atomic mass is 16.5. The van der Waals surface area contributed by atoms with Crippen molar-refractivity contribution in [2.24, 2.45) is 5.41 Å². The van der Waals surface area contributed by atoms with E-state index in [-0.39, 0.29) is 11.4 Å². The summed E-state index contributed by atoms with van der Waals surface area (Å²) >= 11 is 0. The molecule has 0 bridgehead atoms. The highest BCUT2D eigenvalue weighted by Crippen LogP contribution is 2.40. The van der Waals surface area contributed by atoms with Gasteiger partial charge in [-0.3, -0.25) is 0 Å². The van der Waals surface area contributed by atoms with Crippen LogP contribution < -0.4 is 0 Å². The minimum atomic E-state index is -0.276. The molecule has 161 valence electrons. The number of hydrogen-bond acceptors (Lipinski definition) is 2. The molecule has 2 aliphatic carbocycles. The summed E-state index contributed by atoms with van der Waals surface area (Å²) in [6, 6.07) is 0. The van der Waals surface area contributed by atoms with E-state index in [4.69, 9.17) is 4.74 Å². The van der Waals surface area contributed by atoms with Gasteiger partial charge in [0.1, 0.15) is 0 Å². The molecule has 0 aromatic heterocycles. The summed E-state index contributed by atoms with van der Waals surface area (Å²) in [5, 5.41) is 0. The fourth-order valence-corrected chi connectivity index (χ4v) is 3.94. The third-order valence-corrected chi connectivity index (χ3v) is 5.70. The van der Waals surface area contributed by atoms with E-state index in [0.717, 1.165) is 18.4 Å². The van der Waals surface area contributed by atoms with Gasteiger partial charge in [0.25, 0.3) is 0 Å². The van der Waals surface area contributed by atoms with Crippen molar-refractivity contribution in [3.8, 4) is 0 Å². The molecule has 0 aromatic rings. The fraction of sp³-hybridized carbons (Fsp3) is 0.429. The second-order valence-corrected chi connectivity index (χ2v) is 8.99. The summed E-state index contributed by atoms with van der Waals surface area (Å²) in [6.07, 6.45) is 25.8. The Morgan fingerprint density at radius 1 is 1.13 bits per heavy atom. The van der Waals surface area contributed by atoms with Gasteiger partial charge in [-0.15, -0.1) is 0 Å². The molecule has 30 heavy (non-hydrogen) atoms. The van der Waals surface area contributed by atoms with E-state index < -0.39 is 0 Å². The second-order valence-electron chi connectivity index (χ2n) is 8.99. The van der Waals surface area contributed by atoms with Crippen molar-refractivity contribution in [1.29, 1.82) is 0 Å². The molecular formula is C28H37O2. The van der Waals surface area contributed by atoms with E-state index in [1.165, 1.54) is 41.9 Å². The maximum absolute atomic E-state index is 11.9. The number of hydrogen-bond donors (Lipinski definition) is 0. The monoisotopic (exact) mass is 405 g/mol. The average molecular weight is 406 g/mol. The molecular weight excluding hydrogens is 368 g/mol. The van der Waals surface area contributed by atoms with Crippen molar-refractivity contribution < 1.29 is 9.53 Å². The van der Waals surface area contributed by atoms with Crippen LogP contribution in [0, 0.1) is 37.0 Å². The molecule has 1 fully saturated rings. The molecule has 0 atom stereocenters.